The highest BCUT2D eigenvalue weighted by atomic mass is 15.1. The van der Waals surface area contributed by atoms with E-state index in [0.717, 1.165) is 32.6 Å². The van der Waals surface area contributed by atoms with E-state index in [-0.39, 0.29) is 0 Å². The van der Waals surface area contributed by atoms with E-state index in [1.54, 1.807) is 11.1 Å². The molecule has 1 aliphatic rings. The largest absolute Gasteiger partial charge is 0.372 e. The average Bonchev–Trinajstić information content (AvgIpc) is 2.79. The number of nitrogens with zero attached hydrogens (tertiary/aromatic N) is 2. The van der Waals surface area contributed by atoms with Gasteiger partial charge in [-0.3, -0.25) is 0 Å². The van der Waals surface area contributed by atoms with E-state index >= 15 is 0 Å². The van der Waals surface area contributed by atoms with Crippen molar-refractivity contribution in [2.24, 2.45) is 0 Å². The first kappa shape index (κ1) is 24.2. The Balaban J connectivity index is 1.78. The van der Waals surface area contributed by atoms with Gasteiger partial charge in [-0.15, -0.1) is 0 Å². The maximum Gasteiger partial charge on any atom is 0.0369 e. The first-order chi connectivity index (χ1) is 15.5. The van der Waals surface area contributed by atoms with Crippen LogP contribution in [0.25, 0.3) is 12.2 Å². The predicted octanol–water partition coefficient (Wildman–Crippen LogP) is 8.04. The zero-order valence-electron chi connectivity index (χ0n) is 21.2. The molecule has 0 aromatic heterocycles. The lowest BCUT2D eigenvalue weighted by molar-refractivity contribution is 0.721. The van der Waals surface area contributed by atoms with E-state index in [9.17, 15) is 0 Å². The summed E-state index contributed by atoms with van der Waals surface area (Å²) in [5.74, 6) is 0. The molecule has 0 amide bonds. The first-order valence-corrected chi connectivity index (χ1v) is 12.6. The molecular weight excluding hydrogens is 388 g/mol. The summed E-state index contributed by atoms with van der Waals surface area (Å²) in [4.78, 5) is 4.83. The van der Waals surface area contributed by atoms with Crippen molar-refractivity contribution in [2.75, 3.05) is 36.0 Å². The van der Waals surface area contributed by atoms with Gasteiger partial charge < -0.3 is 9.80 Å². The van der Waals surface area contributed by atoms with Crippen molar-refractivity contribution in [2.45, 2.75) is 67.2 Å². The molecule has 2 aromatic rings. The van der Waals surface area contributed by atoms with Crippen LogP contribution in [0.1, 0.15) is 75.6 Å². The second-order valence-corrected chi connectivity index (χ2v) is 9.06. The van der Waals surface area contributed by atoms with E-state index in [0.29, 0.717) is 0 Å². The van der Waals surface area contributed by atoms with Crippen LogP contribution in [0.3, 0.4) is 0 Å². The van der Waals surface area contributed by atoms with E-state index < -0.39 is 0 Å². The summed E-state index contributed by atoms with van der Waals surface area (Å²) in [5, 5.41) is 0. The summed E-state index contributed by atoms with van der Waals surface area (Å²) in [6.45, 7) is 17.6. The Morgan fingerprint density at radius 1 is 0.656 bits per heavy atom. The molecule has 1 fully saturated rings. The van der Waals surface area contributed by atoms with Crippen LogP contribution in [0, 0.1) is 13.8 Å². The van der Waals surface area contributed by atoms with Crippen LogP contribution in [0.5, 0.6) is 0 Å². The monoisotopic (exact) mass is 430 g/mol. The standard InChI is InChI=1S/C30H42N2/c1-7-31(8-2)29-16-14-27(23(5)18-29)21-25-12-11-13-26(20-25)22-28-15-17-30(19-24(28)6)32(9-3)10-4/h14-19,21-22H,7-13,20H2,1-6H3. The molecule has 0 heterocycles. The Bertz CT molecular complexity index is 881. The van der Waals surface area contributed by atoms with Crippen LogP contribution in [0.15, 0.2) is 47.5 Å². The molecule has 0 saturated heterocycles. The molecule has 0 radical (unpaired) electrons. The maximum atomic E-state index is 2.45. The van der Waals surface area contributed by atoms with Crippen molar-refractivity contribution in [3.05, 3.63) is 69.8 Å². The molecule has 0 aliphatic heterocycles. The molecule has 2 aromatic carbocycles. The molecule has 172 valence electrons. The second kappa shape index (κ2) is 11.4. The molecule has 32 heavy (non-hydrogen) atoms. The minimum atomic E-state index is 1.06. The second-order valence-electron chi connectivity index (χ2n) is 9.06. The van der Waals surface area contributed by atoms with Gasteiger partial charge in [0, 0.05) is 37.6 Å². The zero-order chi connectivity index (χ0) is 23.1. The summed E-state index contributed by atoms with van der Waals surface area (Å²) >= 11 is 0. The molecule has 2 heteroatoms. The Morgan fingerprint density at radius 2 is 1.06 bits per heavy atom. The molecule has 0 spiro atoms. The van der Waals surface area contributed by atoms with E-state index in [1.165, 1.54) is 52.9 Å². The minimum Gasteiger partial charge on any atom is -0.372 e. The maximum absolute atomic E-state index is 2.45. The quantitative estimate of drug-likeness (QED) is 0.418. The zero-order valence-corrected chi connectivity index (χ0v) is 21.2. The van der Waals surface area contributed by atoms with Crippen LogP contribution in [0.4, 0.5) is 11.4 Å². The summed E-state index contributed by atoms with van der Waals surface area (Å²) in [6, 6.07) is 13.9. The van der Waals surface area contributed by atoms with Gasteiger partial charge in [0.15, 0.2) is 0 Å². The third-order valence-electron chi connectivity index (χ3n) is 6.93. The fraction of sp³-hybridized carbons (Fsp3) is 0.467. The lowest BCUT2D eigenvalue weighted by Crippen LogP contribution is -2.21. The van der Waals surface area contributed by atoms with Gasteiger partial charge in [-0.1, -0.05) is 35.4 Å². The smallest absolute Gasteiger partial charge is 0.0369 e. The van der Waals surface area contributed by atoms with E-state index in [4.69, 9.17) is 0 Å². The SMILES string of the molecule is CCN(CC)c1ccc(C=C2CCCC(=Cc3ccc(N(CC)CC)cc3C)C2)c(C)c1. The van der Waals surface area contributed by atoms with Crippen molar-refractivity contribution in [1.82, 2.24) is 0 Å². The fourth-order valence-corrected chi connectivity index (χ4v) is 4.91. The van der Waals surface area contributed by atoms with Crippen LogP contribution < -0.4 is 9.80 Å². The Labute approximate surface area is 196 Å². The van der Waals surface area contributed by atoms with Gasteiger partial charge in [-0.2, -0.15) is 0 Å². The lowest BCUT2D eigenvalue weighted by Gasteiger charge is -2.23. The van der Waals surface area contributed by atoms with Crippen molar-refractivity contribution in [3.8, 4) is 0 Å². The van der Waals surface area contributed by atoms with Crippen molar-refractivity contribution >= 4 is 23.5 Å². The Hall–Kier alpha value is -2.48. The fourth-order valence-electron chi connectivity index (χ4n) is 4.91. The van der Waals surface area contributed by atoms with Gasteiger partial charge >= 0.3 is 0 Å². The Kier molecular flexibility index (Phi) is 8.61. The minimum absolute atomic E-state index is 1.06. The third kappa shape index (κ3) is 5.85. The van der Waals surface area contributed by atoms with E-state index in [1.807, 2.05) is 0 Å². The normalized spacial score (nSPS) is 16.6. The highest BCUT2D eigenvalue weighted by Crippen LogP contribution is 2.33. The number of rotatable bonds is 8. The topological polar surface area (TPSA) is 6.48 Å². The third-order valence-corrected chi connectivity index (χ3v) is 6.93. The van der Waals surface area contributed by atoms with Crippen molar-refractivity contribution in [1.29, 1.82) is 0 Å². The van der Waals surface area contributed by atoms with Crippen molar-refractivity contribution in [3.63, 3.8) is 0 Å². The van der Waals surface area contributed by atoms with Gasteiger partial charge in [0.25, 0.3) is 0 Å². The summed E-state index contributed by atoms with van der Waals surface area (Å²) in [7, 11) is 0. The van der Waals surface area contributed by atoms with Gasteiger partial charge in [-0.25, -0.2) is 0 Å². The van der Waals surface area contributed by atoms with Crippen LogP contribution >= 0.6 is 0 Å². The molecule has 3 rings (SSSR count). The molecule has 1 saturated carbocycles. The van der Waals surface area contributed by atoms with E-state index in [2.05, 4.69) is 99.9 Å². The molecule has 0 bridgehead atoms. The number of hydrogen-bond acceptors (Lipinski definition) is 2. The first-order valence-electron chi connectivity index (χ1n) is 12.6. The van der Waals surface area contributed by atoms with Crippen LogP contribution in [0.2, 0.25) is 0 Å². The van der Waals surface area contributed by atoms with Gasteiger partial charge in [0.05, 0.1) is 0 Å². The summed E-state index contributed by atoms with van der Waals surface area (Å²) < 4.78 is 0. The summed E-state index contributed by atoms with van der Waals surface area (Å²) in [5.41, 5.74) is 11.3. The number of aryl methyl sites for hydroxylation is 2. The van der Waals surface area contributed by atoms with Crippen LogP contribution in [-0.4, -0.2) is 26.2 Å². The molecule has 0 atom stereocenters. The molecule has 0 unspecified atom stereocenters. The van der Waals surface area contributed by atoms with Crippen molar-refractivity contribution < 1.29 is 0 Å². The van der Waals surface area contributed by atoms with Crippen LogP contribution in [-0.2, 0) is 0 Å². The number of hydrogen-bond donors (Lipinski definition) is 0. The highest BCUT2D eigenvalue weighted by molar-refractivity contribution is 5.65. The molecule has 1 aliphatic carbocycles. The summed E-state index contributed by atoms with van der Waals surface area (Å²) in [6.07, 6.45) is 9.69. The average molecular weight is 431 g/mol. The number of allylic oxidation sites excluding steroid dienone is 2. The van der Waals surface area contributed by atoms with Gasteiger partial charge in [0.1, 0.15) is 0 Å². The molecule has 2 nitrogen and oxygen atoms in total. The predicted molar refractivity (Wildman–Crippen MR) is 144 cm³/mol. The molecular formula is C30H42N2. The number of benzene rings is 2. The highest BCUT2D eigenvalue weighted by Gasteiger charge is 2.13. The van der Waals surface area contributed by atoms with Gasteiger partial charge in [-0.05, 0) is 114 Å². The lowest BCUT2D eigenvalue weighted by atomic mass is 9.87. The van der Waals surface area contributed by atoms with Gasteiger partial charge in [0.2, 0.25) is 0 Å². The number of anilines is 2. The molecule has 0 N–H and O–H groups in total. The Morgan fingerprint density at radius 3 is 1.41 bits per heavy atom.